The second kappa shape index (κ2) is 12.0. The standard InChI is InChI=1S/C25H26FN3O17.C2H6/c26-14-6-10(7-29-22(37,38)24(41,42)46-25(43,44)23(29,39)40)4-5-11(14)9-45-15-3-1-2-12-13(15)8-28(18(12)31)16-17(30)27-19(32)21(35,36)20(16,33)34;1-2/h1-6,16,33-44H,7-9H2,(H,27,30,32);1-2H3. The molecule has 13 N–H and O–H groups in total. The number of halogens is 1. The van der Waals surface area contributed by atoms with Crippen molar-refractivity contribution in [2.45, 2.75) is 74.9 Å². The van der Waals surface area contributed by atoms with Crippen LogP contribution in [0, 0.1) is 5.82 Å². The average Bonchev–Trinajstić information content (AvgIpc) is 3.30. The van der Waals surface area contributed by atoms with E-state index in [1.165, 1.54) is 23.5 Å². The van der Waals surface area contributed by atoms with Crippen molar-refractivity contribution in [2.75, 3.05) is 0 Å². The minimum absolute atomic E-state index is 0.0521. The highest BCUT2D eigenvalue weighted by Gasteiger charge is 2.74. The van der Waals surface area contributed by atoms with E-state index in [-0.39, 0.29) is 28.0 Å². The monoisotopic (exact) mass is 689 g/mol. The van der Waals surface area contributed by atoms with Gasteiger partial charge >= 0.3 is 29.6 Å². The van der Waals surface area contributed by atoms with Crippen molar-refractivity contribution in [1.29, 1.82) is 0 Å². The molecule has 3 amide bonds. The number of nitrogens with zero attached hydrogens (tertiary/aromatic N) is 2. The van der Waals surface area contributed by atoms with E-state index in [2.05, 4.69) is 4.74 Å². The first-order valence-corrected chi connectivity index (χ1v) is 13.8. The number of fused-ring (bicyclic) bond motifs is 1. The SMILES string of the molecule is CC.O=C1NC(=O)C(O)(O)C(O)(O)C1N1Cc2c(OCc3ccc(CN4C(O)(O)C(O)(O)OC(O)(O)C4(O)O)cc3F)cccc2C1=O. The van der Waals surface area contributed by atoms with E-state index in [9.17, 15) is 75.7 Å². The maximum Gasteiger partial charge on any atom is 0.356 e. The lowest BCUT2D eigenvalue weighted by molar-refractivity contribution is -0.659. The van der Waals surface area contributed by atoms with Crippen molar-refractivity contribution < 1.29 is 89.5 Å². The van der Waals surface area contributed by atoms with Crippen molar-refractivity contribution in [1.82, 2.24) is 15.1 Å². The van der Waals surface area contributed by atoms with E-state index in [1.807, 2.05) is 13.8 Å². The Hall–Kier alpha value is -3.78. The van der Waals surface area contributed by atoms with Gasteiger partial charge in [0.15, 0.2) is 6.04 Å². The van der Waals surface area contributed by atoms with Gasteiger partial charge in [-0.05, 0) is 23.8 Å². The Kier molecular flexibility index (Phi) is 9.24. The fraction of sp³-hybridized carbons (Fsp3) is 0.444. The molecule has 2 aromatic carbocycles. The van der Waals surface area contributed by atoms with Crippen LogP contribution in [0.1, 0.15) is 40.9 Å². The summed E-state index contributed by atoms with van der Waals surface area (Å²) >= 11 is 0. The predicted molar refractivity (Wildman–Crippen MR) is 145 cm³/mol. The number of rotatable bonds is 6. The Morgan fingerprint density at radius 1 is 0.896 bits per heavy atom. The minimum Gasteiger partial charge on any atom is -0.488 e. The molecule has 2 fully saturated rings. The third-order valence-electron chi connectivity index (χ3n) is 7.71. The fourth-order valence-electron chi connectivity index (χ4n) is 5.11. The normalized spacial score (nSPS) is 24.7. The van der Waals surface area contributed by atoms with Gasteiger partial charge in [-0.3, -0.25) is 24.4 Å². The zero-order valence-electron chi connectivity index (χ0n) is 24.8. The second-order valence-electron chi connectivity index (χ2n) is 10.7. The van der Waals surface area contributed by atoms with Crippen LogP contribution in [0.25, 0.3) is 0 Å². The Morgan fingerprint density at radius 2 is 1.48 bits per heavy atom. The van der Waals surface area contributed by atoms with Gasteiger partial charge < -0.3 is 70.9 Å². The van der Waals surface area contributed by atoms with Crippen LogP contribution in [0.5, 0.6) is 5.75 Å². The van der Waals surface area contributed by atoms with Gasteiger partial charge in [0.25, 0.3) is 23.5 Å². The molecule has 2 aromatic rings. The zero-order valence-corrected chi connectivity index (χ0v) is 24.8. The molecule has 3 heterocycles. The molecule has 0 spiro atoms. The third kappa shape index (κ3) is 5.60. The van der Waals surface area contributed by atoms with Crippen LogP contribution in [-0.2, 0) is 34.0 Å². The molecule has 2 saturated heterocycles. The van der Waals surface area contributed by atoms with Crippen molar-refractivity contribution >= 4 is 17.7 Å². The summed E-state index contributed by atoms with van der Waals surface area (Å²) in [5.41, 5.74) is -0.584. The number of morpholine rings is 1. The number of amides is 3. The molecule has 48 heavy (non-hydrogen) atoms. The van der Waals surface area contributed by atoms with Crippen LogP contribution < -0.4 is 10.1 Å². The van der Waals surface area contributed by atoms with Crippen LogP contribution in [0.3, 0.4) is 0 Å². The van der Waals surface area contributed by atoms with Crippen molar-refractivity contribution in [3.8, 4) is 5.75 Å². The van der Waals surface area contributed by atoms with Crippen molar-refractivity contribution in [3.63, 3.8) is 0 Å². The summed E-state index contributed by atoms with van der Waals surface area (Å²) in [6.45, 7) is 1.70. The van der Waals surface area contributed by atoms with Gasteiger partial charge in [-0.1, -0.05) is 32.0 Å². The Morgan fingerprint density at radius 3 is 2.04 bits per heavy atom. The van der Waals surface area contributed by atoms with Crippen LogP contribution in [-0.4, -0.2) is 130 Å². The number of benzene rings is 2. The Bertz CT molecular complexity index is 1600. The van der Waals surface area contributed by atoms with E-state index < -0.39 is 89.5 Å². The van der Waals surface area contributed by atoms with Gasteiger partial charge in [0.2, 0.25) is 0 Å². The summed E-state index contributed by atoms with van der Waals surface area (Å²) in [5, 5.41) is 121. The van der Waals surface area contributed by atoms with E-state index in [0.29, 0.717) is 11.0 Å². The summed E-state index contributed by atoms with van der Waals surface area (Å²) in [4.78, 5) is 37.4. The summed E-state index contributed by atoms with van der Waals surface area (Å²) in [6.07, 6.45) is 0. The maximum atomic E-state index is 15.1. The molecule has 3 aliphatic heterocycles. The van der Waals surface area contributed by atoms with Gasteiger partial charge in [0, 0.05) is 23.2 Å². The number of hydrogen-bond acceptors (Lipinski definition) is 18. The number of carbonyl (C=O) groups excluding carboxylic acids is 3. The Labute approximate surface area is 267 Å². The highest BCUT2D eigenvalue weighted by atomic mass is 19.1. The summed E-state index contributed by atoms with van der Waals surface area (Å²) < 4.78 is 24.5. The van der Waals surface area contributed by atoms with Crippen LogP contribution in [0.4, 0.5) is 4.39 Å². The number of ether oxygens (including phenoxy) is 2. The molecule has 0 aliphatic carbocycles. The maximum absolute atomic E-state index is 15.1. The molecular formula is C27H32FN3O17. The molecule has 21 heteroatoms. The number of hydrogen-bond donors (Lipinski definition) is 13. The number of piperidine rings is 1. The molecule has 0 aromatic heterocycles. The molecular weight excluding hydrogens is 657 g/mol. The summed E-state index contributed by atoms with van der Waals surface area (Å²) in [7, 11) is 0. The lowest BCUT2D eigenvalue weighted by Crippen LogP contribution is -2.83. The second-order valence-corrected chi connectivity index (χ2v) is 10.7. The predicted octanol–water partition coefficient (Wildman–Crippen LogP) is -5.84. The average molecular weight is 690 g/mol. The number of nitrogens with one attached hydrogen (secondary N) is 1. The summed E-state index contributed by atoms with van der Waals surface area (Å²) in [5.74, 6) is -29.7. The Balaban J connectivity index is 0.00000255. The molecule has 1 unspecified atom stereocenters. The topological polar surface area (TPSA) is 331 Å². The first-order valence-electron chi connectivity index (χ1n) is 13.8. The molecule has 5 rings (SSSR count). The molecule has 264 valence electrons. The van der Waals surface area contributed by atoms with E-state index in [4.69, 9.17) is 4.74 Å². The first-order chi connectivity index (χ1) is 22.0. The van der Waals surface area contributed by atoms with Crippen LogP contribution in [0.2, 0.25) is 0 Å². The molecule has 3 aliphatic rings. The van der Waals surface area contributed by atoms with E-state index in [1.54, 1.807) is 0 Å². The lowest BCUT2D eigenvalue weighted by atomic mass is 9.90. The van der Waals surface area contributed by atoms with Crippen LogP contribution in [0.15, 0.2) is 36.4 Å². The largest absolute Gasteiger partial charge is 0.488 e. The fourth-order valence-corrected chi connectivity index (χ4v) is 5.11. The molecule has 0 bridgehead atoms. The minimum atomic E-state index is -4.20. The lowest BCUT2D eigenvalue weighted by Gasteiger charge is -2.55. The van der Waals surface area contributed by atoms with E-state index in [0.717, 1.165) is 12.1 Å². The van der Waals surface area contributed by atoms with E-state index >= 15 is 4.39 Å². The highest BCUT2D eigenvalue weighted by molar-refractivity contribution is 6.08. The number of imide groups is 1. The molecule has 1 atom stereocenters. The van der Waals surface area contributed by atoms with Gasteiger partial charge in [0.1, 0.15) is 18.2 Å². The smallest absolute Gasteiger partial charge is 0.356 e. The highest BCUT2D eigenvalue weighted by Crippen LogP contribution is 2.42. The quantitative estimate of drug-likeness (QED) is 0.0992. The van der Waals surface area contributed by atoms with Crippen molar-refractivity contribution in [3.05, 3.63) is 64.5 Å². The van der Waals surface area contributed by atoms with Gasteiger partial charge in [-0.25, -0.2) is 4.39 Å². The molecule has 0 radical (unpaired) electrons. The first kappa shape index (κ1) is 37.0. The number of carbonyl (C=O) groups is 3. The van der Waals surface area contributed by atoms with Gasteiger partial charge in [-0.2, -0.15) is 4.90 Å². The molecule has 20 nitrogen and oxygen atoms in total. The van der Waals surface area contributed by atoms with Crippen LogP contribution >= 0.6 is 0 Å². The van der Waals surface area contributed by atoms with Crippen molar-refractivity contribution in [2.24, 2.45) is 0 Å². The number of aliphatic hydroxyl groups is 12. The van der Waals surface area contributed by atoms with Gasteiger partial charge in [-0.15, -0.1) is 0 Å². The zero-order chi connectivity index (χ0) is 36.4. The van der Waals surface area contributed by atoms with Gasteiger partial charge in [0.05, 0.1) is 6.54 Å². The molecule has 0 saturated carbocycles. The summed E-state index contributed by atoms with van der Waals surface area (Å²) in [6, 6.07) is 4.38. The third-order valence-corrected chi connectivity index (χ3v) is 7.71.